The van der Waals surface area contributed by atoms with Gasteiger partial charge >= 0.3 is 0 Å². The van der Waals surface area contributed by atoms with E-state index in [0.717, 1.165) is 19.1 Å². The average molecular weight is 321 g/mol. The van der Waals surface area contributed by atoms with Crippen LogP contribution >= 0.6 is 0 Å². The maximum Gasteiger partial charge on any atom is 0.238 e. The molecule has 118 valence electrons. The van der Waals surface area contributed by atoms with Gasteiger partial charge in [-0.15, -0.1) is 0 Å². The van der Waals surface area contributed by atoms with Gasteiger partial charge in [-0.1, -0.05) is 0 Å². The zero-order valence-electron chi connectivity index (χ0n) is 11.7. The number of amides is 1. The van der Waals surface area contributed by atoms with Crippen molar-refractivity contribution in [1.29, 1.82) is 0 Å². The largest absolute Gasteiger partial charge is 0.385 e. The first kappa shape index (κ1) is 17.5. The molecule has 0 aliphatic heterocycles. The van der Waals surface area contributed by atoms with Crippen LogP contribution in [0.3, 0.4) is 0 Å². The summed E-state index contributed by atoms with van der Waals surface area (Å²) in [5.41, 5.74) is 0. The quantitative estimate of drug-likeness (QED) is 0.606. The lowest BCUT2D eigenvalue weighted by Gasteiger charge is -2.14. The molecule has 1 atom stereocenters. The van der Waals surface area contributed by atoms with E-state index in [2.05, 4.69) is 5.32 Å². The van der Waals surface area contributed by atoms with E-state index in [1.807, 2.05) is 0 Å². The average Bonchev–Trinajstić information content (AvgIpc) is 2.42. The van der Waals surface area contributed by atoms with Gasteiger partial charge in [-0.05, 0) is 25.5 Å². The number of halogens is 2. The summed E-state index contributed by atoms with van der Waals surface area (Å²) in [6.07, 6.45) is 0.528. The van der Waals surface area contributed by atoms with Gasteiger partial charge in [0.05, 0.1) is 0 Å². The Labute approximate surface area is 122 Å². The zero-order valence-corrected chi connectivity index (χ0v) is 12.5. The Morgan fingerprint density at radius 1 is 1.38 bits per heavy atom. The van der Waals surface area contributed by atoms with Gasteiger partial charge < -0.3 is 10.1 Å². The molecule has 0 aliphatic carbocycles. The van der Waals surface area contributed by atoms with Gasteiger partial charge in [-0.3, -0.25) is 4.79 Å². The highest BCUT2D eigenvalue weighted by molar-refractivity contribution is 7.92. The number of rotatable bonds is 7. The number of benzene rings is 1. The lowest BCUT2D eigenvalue weighted by Crippen LogP contribution is -2.38. The topological polar surface area (TPSA) is 72.5 Å². The molecule has 0 spiro atoms. The standard InChI is InChI=1S/C13H17F2NO4S/c1-9(13(17)16-6-3-7-20-2)21(18,19)12-5-4-10(14)8-11(12)15/h4-5,8-9H,3,6-7H2,1-2H3,(H,16,17). The zero-order chi connectivity index (χ0) is 16.0. The second-order valence-corrected chi connectivity index (χ2v) is 6.64. The molecular formula is C13H17F2NO4S. The molecule has 5 nitrogen and oxygen atoms in total. The highest BCUT2D eigenvalue weighted by Gasteiger charge is 2.31. The van der Waals surface area contributed by atoms with Gasteiger partial charge in [-0.2, -0.15) is 0 Å². The van der Waals surface area contributed by atoms with E-state index in [0.29, 0.717) is 19.1 Å². The number of nitrogens with one attached hydrogen (secondary N) is 1. The lowest BCUT2D eigenvalue weighted by molar-refractivity contribution is -0.120. The minimum absolute atomic E-state index is 0.248. The molecule has 1 unspecified atom stereocenters. The van der Waals surface area contributed by atoms with E-state index in [-0.39, 0.29) is 6.54 Å². The Kier molecular flexibility index (Phi) is 6.22. The summed E-state index contributed by atoms with van der Waals surface area (Å²) in [5, 5.41) is 0.957. The van der Waals surface area contributed by atoms with Crippen LogP contribution < -0.4 is 5.32 Å². The Morgan fingerprint density at radius 2 is 2.05 bits per heavy atom. The molecule has 21 heavy (non-hydrogen) atoms. The predicted octanol–water partition coefficient (Wildman–Crippen LogP) is 1.28. The van der Waals surface area contributed by atoms with Crippen LogP contribution in [0.5, 0.6) is 0 Å². The summed E-state index contributed by atoms with van der Waals surface area (Å²) < 4.78 is 55.4. The fraction of sp³-hybridized carbons (Fsp3) is 0.462. The first-order chi connectivity index (χ1) is 9.80. The van der Waals surface area contributed by atoms with E-state index in [1.54, 1.807) is 0 Å². The SMILES string of the molecule is COCCCNC(=O)C(C)S(=O)(=O)c1ccc(F)cc1F. The fourth-order valence-electron chi connectivity index (χ4n) is 1.61. The molecule has 0 radical (unpaired) electrons. The van der Waals surface area contributed by atoms with Crippen molar-refractivity contribution in [2.45, 2.75) is 23.5 Å². The van der Waals surface area contributed by atoms with E-state index in [1.165, 1.54) is 7.11 Å². The summed E-state index contributed by atoms with van der Waals surface area (Å²) in [5.74, 6) is -2.84. The van der Waals surface area contributed by atoms with Crippen LogP contribution in [0.2, 0.25) is 0 Å². The van der Waals surface area contributed by atoms with Crippen LogP contribution in [0.1, 0.15) is 13.3 Å². The molecule has 1 rings (SSSR count). The predicted molar refractivity (Wildman–Crippen MR) is 72.5 cm³/mol. The summed E-state index contributed by atoms with van der Waals surface area (Å²) in [6.45, 7) is 1.83. The second kappa shape index (κ2) is 7.46. The van der Waals surface area contributed by atoms with Crippen LogP contribution in [0.15, 0.2) is 23.1 Å². The van der Waals surface area contributed by atoms with Crippen LogP contribution in [0.25, 0.3) is 0 Å². The number of hydrogen-bond acceptors (Lipinski definition) is 4. The molecule has 0 aromatic heterocycles. The number of carbonyl (C=O) groups is 1. The Hall–Kier alpha value is -1.54. The Balaban J connectivity index is 2.84. The first-order valence-corrected chi connectivity index (χ1v) is 7.81. The molecule has 0 saturated carbocycles. The number of sulfone groups is 1. The van der Waals surface area contributed by atoms with Crippen LogP contribution in [-0.4, -0.2) is 39.8 Å². The minimum atomic E-state index is -4.21. The molecular weight excluding hydrogens is 304 g/mol. The van der Waals surface area contributed by atoms with Gasteiger partial charge in [0.15, 0.2) is 9.84 Å². The molecule has 1 aromatic carbocycles. The first-order valence-electron chi connectivity index (χ1n) is 6.26. The molecule has 1 N–H and O–H groups in total. The van der Waals surface area contributed by atoms with Gasteiger partial charge in [0.1, 0.15) is 21.8 Å². The van der Waals surface area contributed by atoms with Gasteiger partial charge in [-0.25, -0.2) is 17.2 Å². The third kappa shape index (κ3) is 4.47. The Bertz CT molecular complexity index is 604. The number of ether oxygens (including phenoxy) is 1. The molecule has 0 saturated heterocycles. The maximum atomic E-state index is 13.6. The van der Waals surface area contributed by atoms with Crippen molar-refractivity contribution in [1.82, 2.24) is 5.32 Å². The highest BCUT2D eigenvalue weighted by atomic mass is 32.2. The normalized spacial score (nSPS) is 13.0. The van der Waals surface area contributed by atoms with E-state index >= 15 is 0 Å². The second-order valence-electron chi connectivity index (χ2n) is 4.40. The van der Waals surface area contributed by atoms with Crippen molar-refractivity contribution in [2.24, 2.45) is 0 Å². The number of carbonyl (C=O) groups excluding carboxylic acids is 1. The minimum Gasteiger partial charge on any atom is -0.385 e. The third-order valence-electron chi connectivity index (χ3n) is 2.86. The van der Waals surface area contributed by atoms with Crippen molar-refractivity contribution in [3.8, 4) is 0 Å². The third-order valence-corrected chi connectivity index (χ3v) is 4.95. The van der Waals surface area contributed by atoms with Gasteiger partial charge in [0.2, 0.25) is 5.91 Å². The molecule has 0 bridgehead atoms. The van der Waals surface area contributed by atoms with Crippen molar-refractivity contribution < 1.29 is 26.7 Å². The number of methoxy groups -OCH3 is 1. The smallest absolute Gasteiger partial charge is 0.238 e. The molecule has 1 aromatic rings. The summed E-state index contributed by atoms with van der Waals surface area (Å²) in [6, 6.07) is 2.12. The van der Waals surface area contributed by atoms with Crippen molar-refractivity contribution in [3.05, 3.63) is 29.8 Å². The van der Waals surface area contributed by atoms with Crippen molar-refractivity contribution in [2.75, 3.05) is 20.3 Å². The van der Waals surface area contributed by atoms with Crippen LogP contribution in [0.4, 0.5) is 8.78 Å². The molecule has 1 amide bonds. The van der Waals surface area contributed by atoms with Crippen LogP contribution in [0, 0.1) is 11.6 Å². The van der Waals surface area contributed by atoms with Crippen molar-refractivity contribution >= 4 is 15.7 Å². The monoisotopic (exact) mass is 321 g/mol. The summed E-state index contributed by atoms with van der Waals surface area (Å²) in [4.78, 5) is 11.1. The Morgan fingerprint density at radius 3 is 2.62 bits per heavy atom. The maximum absolute atomic E-state index is 13.6. The van der Waals surface area contributed by atoms with Crippen molar-refractivity contribution in [3.63, 3.8) is 0 Å². The van der Waals surface area contributed by atoms with E-state index < -0.39 is 37.5 Å². The van der Waals surface area contributed by atoms with E-state index in [9.17, 15) is 22.0 Å². The molecule has 0 heterocycles. The molecule has 0 fully saturated rings. The van der Waals surface area contributed by atoms with E-state index in [4.69, 9.17) is 4.74 Å². The highest BCUT2D eigenvalue weighted by Crippen LogP contribution is 2.20. The summed E-state index contributed by atoms with van der Waals surface area (Å²) >= 11 is 0. The molecule has 8 heteroatoms. The summed E-state index contributed by atoms with van der Waals surface area (Å²) in [7, 11) is -2.71. The lowest BCUT2D eigenvalue weighted by atomic mass is 10.3. The van der Waals surface area contributed by atoms with Gasteiger partial charge in [0, 0.05) is 26.3 Å². The molecule has 0 aliphatic rings. The fourth-order valence-corrected chi connectivity index (χ4v) is 2.94. The van der Waals surface area contributed by atoms with Crippen LogP contribution in [-0.2, 0) is 19.4 Å². The number of hydrogen-bond donors (Lipinski definition) is 1. The van der Waals surface area contributed by atoms with Gasteiger partial charge in [0.25, 0.3) is 0 Å².